The lowest BCUT2D eigenvalue weighted by Gasteiger charge is -2.24. The first kappa shape index (κ1) is 23.1. The molecule has 0 saturated carbocycles. The molecule has 3 unspecified atom stereocenters. The molecule has 2 aliphatic rings. The van der Waals surface area contributed by atoms with E-state index >= 15 is 0 Å². The third kappa shape index (κ3) is 4.48. The van der Waals surface area contributed by atoms with Crippen LogP contribution >= 0.6 is 11.8 Å². The number of para-hydroxylation sites is 1. The van der Waals surface area contributed by atoms with E-state index in [1.54, 1.807) is 6.20 Å². The highest BCUT2D eigenvalue weighted by Crippen LogP contribution is 2.43. The van der Waals surface area contributed by atoms with Crippen LogP contribution in [-0.2, 0) is 11.3 Å². The lowest BCUT2D eigenvalue weighted by molar-refractivity contribution is -0.134. The molecule has 4 aromatic rings. The number of ether oxygens (including phenoxy) is 1. The fraction of sp³-hybridized carbons (Fsp3) is 0.407. The Morgan fingerprint density at radius 2 is 2.14 bits per heavy atom. The molecule has 3 atom stereocenters. The van der Waals surface area contributed by atoms with Gasteiger partial charge < -0.3 is 14.2 Å². The third-order valence-corrected chi connectivity index (χ3v) is 8.88. The van der Waals surface area contributed by atoms with E-state index in [2.05, 4.69) is 48.1 Å². The average Bonchev–Trinajstić information content (AvgIpc) is 3.70. The molecule has 1 amide bonds. The van der Waals surface area contributed by atoms with Gasteiger partial charge in [0.05, 0.1) is 23.6 Å². The number of carbonyl (C=O) groups excluding carboxylic acids is 1. The molecule has 4 heterocycles. The Morgan fingerprint density at radius 1 is 1.22 bits per heavy atom. The van der Waals surface area contributed by atoms with Crippen LogP contribution in [0.4, 0.5) is 0 Å². The summed E-state index contributed by atoms with van der Waals surface area (Å²) in [6, 6.07) is 14.8. The van der Waals surface area contributed by atoms with Crippen LogP contribution < -0.4 is 4.74 Å². The number of carbonyl (C=O) groups is 1. The number of aryl methyl sites for hydroxylation is 2. The van der Waals surface area contributed by atoms with E-state index in [1.165, 1.54) is 0 Å². The van der Waals surface area contributed by atoms with Crippen LogP contribution in [0.2, 0.25) is 0 Å². The zero-order valence-corrected chi connectivity index (χ0v) is 21.2. The van der Waals surface area contributed by atoms with Crippen molar-refractivity contribution in [2.45, 2.75) is 56.5 Å². The Morgan fingerprint density at radius 3 is 3.00 bits per heavy atom. The number of imidazole rings is 1. The summed E-state index contributed by atoms with van der Waals surface area (Å²) in [6.07, 6.45) is 8.04. The molecule has 0 radical (unpaired) electrons. The maximum absolute atomic E-state index is 13.0. The van der Waals surface area contributed by atoms with Crippen molar-refractivity contribution in [2.75, 3.05) is 12.4 Å². The molecule has 2 aliphatic heterocycles. The van der Waals surface area contributed by atoms with Gasteiger partial charge >= 0.3 is 0 Å². The summed E-state index contributed by atoms with van der Waals surface area (Å²) in [4.78, 5) is 19.7. The summed E-state index contributed by atoms with van der Waals surface area (Å²) in [5.74, 6) is 2.00. The molecule has 2 fully saturated rings. The number of nitrogens with one attached hydrogen (secondary N) is 1. The van der Waals surface area contributed by atoms with E-state index in [9.17, 15) is 4.79 Å². The summed E-state index contributed by atoms with van der Waals surface area (Å²) >= 11 is 2.03. The summed E-state index contributed by atoms with van der Waals surface area (Å²) < 4.78 is 8.08. The van der Waals surface area contributed by atoms with Gasteiger partial charge in [-0.3, -0.25) is 4.79 Å². The van der Waals surface area contributed by atoms with Gasteiger partial charge in [-0.05, 0) is 62.1 Å². The highest BCUT2D eigenvalue weighted by molar-refractivity contribution is 7.99. The van der Waals surface area contributed by atoms with Crippen LogP contribution in [0.1, 0.15) is 31.2 Å². The van der Waals surface area contributed by atoms with Crippen molar-refractivity contribution in [3.8, 4) is 17.0 Å². The normalized spacial score (nSPS) is 20.9. The van der Waals surface area contributed by atoms with Crippen molar-refractivity contribution in [1.29, 1.82) is 0 Å². The zero-order chi connectivity index (χ0) is 24.5. The first-order valence-corrected chi connectivity index (χ1v) is 13.6. The van der Waals surface area contributed by atoms with E-state index in [-0.39, 0.29) is 12.5 Å². The van der Waals surface area contributed by atoms with E-state index in [0.29, 0.717) is 17.3 Å². The smallest absolute Gasteiger partial charge is 0.261 e. The Balaban J connectivity index is 1.00. The maximum Gasteiger partial charge on any atom is 0.261 e. The molecule has 0 aliphatic carbocycles. The molecular weight excluding hydrogens is 472 g/mol. The van der Waals surface area contributed by atoms with Gasteiger partial charge in [-0.15, -0.1) is 0 Å². The van der Waals surface area contributed by atoms with Gasteiger partial charge in [0, 0.05) is 29.4 Å². The number of thioether (sulfide) groups is 1. The average molecular weight is 503 g/mol. The van der Waals surface area contributed by atoms with Gasteiger partial charge in [0.25, 0.3) is 5.91 Å². The number of rotatable bonds is 9. The van der Waals surface area contributed by atoms with Crippen molar-refractivity contribution in [3.63, 3.8) is 0 Å². The number of nitrogens with zero attached hydrogens (tertiary/aromatic N) is 5. The lowest BCUT2D eigenvalue weighted by Crippen LogP contribution is -2.40. The van der Waals surface area contributed by atoms with Crippen LogP contribution in [0.15, 0.2) is 55.0 Å². The van der Waals surface area contributed by atoms with Crippen molar-refractivity contribution < 1.29 is 9.53 Å². The summed E-state index contributed by atoms with van der Waals surface area (Å²) in [6.45, 7) is 3.07. The fourth-order valence-electron chi connectivity index (χ4n) is 5.65. The number of H-pyrrole nitrogens is 1. The van der Waals surface area contributed by atoms with Crippen LogP contribution in [0, 0.1) is 6.92 Å². The van der Waals surface area contributed by atoms with Gasteiger partial charge in [-0.1, -0.05) is 24.3 Å². The Bertz CT molecular complexity index is 1350. The predicted octanol–water partition coefficient (Wildman–Crippen LogP) is 4.46. The molecule has 2 saturated heterocycles. The van der Waals surface area contributed by atoms with Gasteiger partial charge in [0.1, 0.15) is 11.4 Å². The van der Waals surface area contributed by atoms with Gasteiger partial charge in [-0.25, -0.2) is 4.98 Å². The number of aromatic amines is 1. The quantitative estimate of drug-likeness (QED) is 0.340. The van der Waals surface area contributed by atoms with Crippen LogP contribution in [0.25, 0.3) is 22.3 Å². The maximum atomic E-state index is 13.0. The molecule has 1 N–H and O–H groups in total. The molecule has 2 aromatic carbocycles. The Hall–Kier alpha value is -3.33. The highest BCUT2D eigenvalue weighted by atomic mass is 32.2. The fourth-order valence-corrected chi connectivity index (χ4v) is 7.09. The first-order chi connectivity index (χ1) is 17.7. The van der Waals surface area contributed by atoms with Crippen LogP contribution in [0.5, 0.6) is 5.75 Å². The summed E-state index contributed by atoms with van der Waals surface area (Å²) in [5, 5.41) is 11.2. The molecular formula is C27H30N6O2S. The number of fused-ring (bicyclic) bond motifs is 3. The molecule has 9 heteroatoms. The minimum absolute atomic E-state index is 0.126. The van der Waals surface area contributed by atoms with Crippen molar-refractivity contribution in [3.05, 3.63) is 60.6 Å². The minimum Gasteiger partial charge on any atom is -0.484 e. The summed E-state index contributed by atoms with van der Waals surface area (Å²) in [7, 11) is 0. The number of hydrogen-bond donors (Lipinski definition) is 1. The predicted molar refractivity (Wildman–Crippen MR) is 141 cm³/mol. The SMILES string of the molecule is Cc1ccccc1OCC(=O)N1C2CCC1C(SCCCn1cnc3cc(-c4cn[nH]n4)ccc31)C2. The van der Waals surface area contributed by atoms with Crippen molar-refractivity contribution in [2.24, 2.45) is 0 Å². The summed E-state index contributed by atoms with van der Waals surface area (Å²) in [5.41, 5.74) is 5.00. The molecule has 0 spiro atoms. The number of hydrogen-bond acceptors (Lipinski definition) is 6. The second-order valence-electron chi connectivity index (χ2n) is 9.65. The van der Waals surface area contributed by atoms with Crippen molar-refractivity contribution >= 4 is 28.7 Å². The topological polar surface area (TPSA) is 88.9 Å². The molecule has 6 rings (SSSR count). The zero-order valence-electron chi connectivity index (χ0n) is 20.3. The second-order valence-corrected chi connectivity index (χ2v) is 11.0. The molecule has 2 aromatic heterocycles. The number of aromatic nitrogens is 5. The van der Waals surface area contributed by atoms with Gasteiger partial charge in [0.15, 0.2) is 6.61 Å². The van der Waals surface area contributed by atoms with Crippen LogP contribution in [-0.4, -0.2) is 65.5 Å². The number of amides is 1. The van der Waals surface area contributed by atoms with E-state index < -0.39 is 0 Å². The minimum atomic E-state index is 0.126. The Kier molecular flexibility index (Phi) is 6.39. The van der Waals surface area contributed by atoms with Crippen LogP contribution in [0.3, 0.4) is 0 Å². The van der Waals surface area contributed by atoms with Gasteiger partial charge in [-0.2, -0.15) is 27.2 Å². The number of benzene rings is 2. The van der Waals surface area contributed by atoms with E-state index in [1.807, 2.05) is 49.3 Å². The van der Waals surface area contributed by atoms with Crippen molar-refractivity contribution in [1.82, 2.24) is 29.9 Å². The van der Waals surface area contributed by atoms with E-state index in [0.717, 1.165) is 71.6 Å². The molecule has 186 valence electrons. The largest absolute Gasteiger partial charge is 0.484 e. The first-order valence-electron chi connectivity index (χ1n) is 12.6. The Labute approximate surface area is 214 Å². The van der Waals surface area contributed by atoms with Gasteiger partial charge in [0.2, 0.25) is 0 Å². The second kappa shape index (κ2) is 9.97. The molecule has 2 bridgehead atoms. The third-order valence-electron chi connectivity index (χ3n) is 7.42. The monoisotopic (exact) mass is 502 g/mol. The standard InChI is InChI=1S/C27H30N6O2S/c1-18-5-2-3-6-25(18)35-16-27(34)33-20-8-10-24(33)26(14-20)36-12-4-11-32-17-28-21-13-19(7-9-23(21)32)22-15-29-31-30-22/h2-3,5-7,9,13,15,17,20,24,26H,4,8,10-12,14,16H2,1H3,(H,29,30,31). The lowest BCUT2D eigenvalue weighted by atomic mass is 10.0. The van der Waals surface area contributed by atoms with E-state index in [4.69, 9.17) is 4.74 Å². The highest BCUT2D eigenvalue weighted by Gasteiger charge is 2.48. The molecule has 8 nitrogen and oxygen atoms in total. The molecule has 36 heavy (non-hydrogen) atoms.